The van der Waals surface area contributed by atoms with Crippen LogP contribution in [0.4, 0.5) is 0 Å². The fraction of sp³-hybridized carbons (Fsp3) is 0.409. The predicted octanol–water partition coefficient (Wildman–Crippen LogP) is 4.58. The molecule has 0 radical (unpaired) electrons. The number of fused-ring (bicyclic) bond motifs is 1. The average Bonchev–Trinajstić information content (AvgIpc) is 2.96. The lowest BCUT2D eigenvalue weighted by Gasteiger charge is -2.33. The number of rotatable bonds is 3. The van der Waals surface area contributed by atoms with Gasteiger partial charge in [0.1, 0.15) is 5.60 Å². The third-order valence-electron chi connectivity index (χ3n) is 6.10. The van der Waals surface area contributed by atoms with Gasteiger partial charge in [0.2, 0.25) is 0 Å². The number of hydrogen-bond acceptors (Lipinski definition) is 2. The van der Waals surface area contributed by atoms with Crippen LogP contribution < -0.4 is 0 Å². The summed E-state index contributed by atoms with van der Waals surface area (Å²) in [6.07, 6.45) is 5.30. The van der Waals surface area contributed by atoms with Crippen molar-refractivity contribution in [2.45, 2.75) is 37.7 Å². The molecule has 2 fully saturated rings. The Morgan fingerprint density at radius 2 is 1.54 bits per heavy atom. The van der Waals surface area contributed by atoms with Gasteiger partial charge in [-0.15, -0.1) is 0 Å². The number of Topliss-reactive ketones (excluding diaryl/α,β-unsaturated/α-hetero) is 1. The van der Waals surface area contributed by atoms with Crippen LogP contribution in [0.1, 0.15) is 48.0 Å². The van der Waals surface area contributed by atoms with Crippen LogP contribution in [0.2, 0.25) is 0 Å². The fourth-order valence-electron chi connectivity index (χ4n) is 5.03. The van der Waals surface area contributed by atoms with E-state index >= 15 is 0 Å². The van der Waals surface area contributed by atoms with Crippen LogP contribution in [0.25, 0.3) is 0 Å². The largest absolute Gasteiger partial charge is 0.384 e. The topological polar surface area (TPSA) is 37.3 Å². The molecule has 0 aliphatic heterocycles. The normalized spacial score (nSPS) is 32.3. The van der Waals surface area contributed by atoms with Crippen LogP contribution in [0.3, 0.4) is 0 Å². The molecule has 2 saturated carbocycles. The predicted molar refractivity (Wildman–Crippen MR) is 94.7 cm³/mol. The van der Waals surface area contributed by atoms with E-state index in [1.807, 2.05) is 60.7 Å². The molecule has 0 amide bonds. The van der Waals surface area contributed by atoms with E-state index < -0.39 is 5.60 Å². The summed E-state index contributed by atoms with van der Waals surface area (Å²) in [7, 11) is 0. The minimum absolute atomic E-state index is 0.108. The van der Waals surface area contributed by atoms with E-state index in [4.69, 9.17) is 0 Å². The third kappa shape index (κ3) is 2.50. The molecule has 0 heterocycles. The highest BCUT2D eigenvalue weighted by Crippen LogP contribution is 2.56. The second-order valence-electron chi connectivity index (χ2n) is 7.41. The Hall–Kier alpha value is -1.93. The van der Waals surface area contributed by atoms with Crippen LogP contribution in [-0.2, 0) is 5.60 Å². The molecular weight excluding hydrogens is 296 g/mol. The fourth-order valence-corrected chi connectivity index (χ4v) is 5.03. The zero-order valence-electron chi connectivity index (χ0n) is 13.9. The first kappa shape index (κ1) is 15.6. The molecule has 2 aromatic carbocycles. The molecule has 4 rings (SSSR count). The van der Waals surface area contributed by atoms with Crippen molar-refractivity contribution in [1.82, 2.24) is 0 Å². The van der Waals surface area contributed by atoms with E-state index in [-0.39, 0.29) is 11.7 Å². The summed E-state index contributed by atoms with van der Waals surface area (Å²) < 4.78 is 0. The molecule has 2 heteroatoms. The lowest BCUT2D eigenvalue weighted by atomic mass is 9.73. The molecule has 1 N–H and O–H groups in total. The van der Waals surface area contributed by atoms with Crippen molar-refractivity contribution in [3.05, 3.63) is 71.8 Å². The summed E-state index contributed by atoms with van der Waals surface area (Å²) >= 11 is 0. The first-order valence-corrected chi connectivity index (χ1v) is 9.07. The van der Waals surface area contributed by atoms with Crippen molar-refractivity contribution in [3.8, 4) is 0 Å². The summed E-state index contributed by atoms with van der Waals surface area (Å²) in [4.78, 5) is 13.3. The Labute approximate surface area is 143 Å². The van der Waals surface area contributed by atoms with Gasteiger partial charge in [0.15, 0.2) is 5.78 Å². The van der Waals surface area contributed by atoms with E-state index in [9.17, 15) is 9.90 Å². The van der Waals surface area contributed by atoms with E-state index in [1.54, 1.807) is 0 Å². The zero-order chi connectivity index (χ0) is 16.6. The van der Waals surface area contributed by atoms with Gasteiger partial charge in [-0.1, -0.05) is 79.9 Å². The Bertz CT molecular complexity index is 709. The minimum Gasteiger partial charge on any atom is -0.384 e. The quantitative estimate of drug-likeness (QED) is 0.840. The van der Waals surface area contributed by atoms with Crippen LogP contribution in [0.5, 0.6) is 0 Å². The average molecular weight is 320 g/mol. The van der Waals surface area contributed by atoms with E-state index in [0.717, 1.165) is 24.0 Å². The highest BCUT2D eigenvalue weighted by molar-refractivity contribution is 5.99. The van der Waals surface area contributed by atoms with Gasteiger partial charge in [0, 0.05) is 5.56 Å². The number of carbonyl (C=O) groups is 1. The molecule has 0 spiro atoms. The lowest BCUT2D eigenvalue weighted by Crippen LogP contribution is -2.38. The molecule has 4 atom stereocenters. The first-order valence-electron chi connectivity index (χ1n) is 9.07. The number of ketones is 1. The van der Waals surface area contributed by atoms with Gasteiger partial charge in [-0.2, -0.15) is 0 Å². The molecule has 1 unspecified atom stereocenters. The molecule has 24 heavy (non-hydrogen) atoms. The SMILES string of the molecule is O=C(c1ccccc1)[C@@H]1[C@H]2CCCC[C@H]2CC1(O)c1ccccc1. The smallest absolute Gasteiger partial charge is 0.169 e. The van der Waals surface area contributed by atoms with Gasteiger partial charge in [0.05, 0.1) is 5.92 Å². The zero-order valence-corrected chi connectivity index (χ0v) is 13.9. The van der Waals surface area contributed by atoms with Gasteiger partial charge >= 0.3 is 0 Å². The molecule has 2 aromatic rings. The Morgan fingerprint density at radius 1 is 0.917 bits per heavy atom. The Kier molecular flexibility index (Phi) is 4.01. The second-order valence-corrected chi connectivity index (χ2v) is 7.41. The summed E-state index contributed by atoms with van der Waals surface area (Å²) in [5.74, 6) is 0.544. The molecule has 2 nitrogen and oxygen atoms in total. The van der Waals surface area contributed by atoms with E-state index in [1.165, 1.54) is 12.8 Å². The van der Waals surface area contributed by atoms with Gasteiger partial charge in [0.25, 0.3) is 0 Å². The highest BCUT2D eigenvalue weighted by Gasteiger charge is 2.56. The number of aliphatic hydroxyl groups is 1. The highest BCUT2D eigenvalue weighted by atomic mass is 16.3. The Morgan fingerprint density at radius 3 is 2.25 bits per heavy atom. The molecule has 0 saturated heterocycles. The van der Waals surface area contributed by atoms with Gasteiger partial charge in [-0.05, 0) is 30.2 Å². The molecular formula is C22H24O2. The van der Waals surface area contributed by atoms with Gasteiger partial charge in [-0.3, -0.25) is 4.79 Å². The van der Waals surface area contributed by atoms with Crippen molar-refractivity contribution in [3.63, 3.8) is 0 Å². The summed E-state index contributed by atoms with van der Waals surface area (Å²) in [6, 6.07) is 19.3. The van der Waals surface area contributed by atoms with Crippen LogP contribution in [-0.4, -0.2) is 10.9 Å². The van der Waals surface area contributed by atoms with Crippen LogP contribution >= 0.6 is 0 Å². The maximum Gasteiger partial charge on any atom is 0.169 e. The number of carbonyl (C=O) groups excluding carboxylic acids is 1. The van der Waals surface area contributed by atoms with E-state index in [0.29, 0.717) is 18.3 Å². The third-order valence-corrected chi connectivity index (χ3v) is 6.10. The van der Waals surface area contributed by atoms with E-state index in [2.05, 4.69) is 0 Å². The van der Waals surface area contributed by atoms with Crippen molar-refractivity contribution in [2.75, 3.05) is 0 Å². The van der Waals surface area contributed by atoms with Crippen LogP contribution in [0.15, 0.2) is 60.7 Å². The second kappa shape index (κ2) is 6.18. The van der Waals surface area contributed by atoms with Gasteiger partial charge in [-0.25, -0.2) is 0 Å². The maximum atomic E-state index is 13.3. The number of benzene rings is 2. The van der Waals surface area contributed by atoms with Gasteiger partial charge < -0.3 is 5.11 Å². The monoisotopic (exact) mass is 320 g/mol. The number of hydrogen-bond donors (Lipinski definition) is 1. The first-order chi connectivity index (χ1) is 11.7. The summed E-state index contributed by atoms with van der Waals surface area (Å²) in [6.45, 7) is 0. The van der Waals surface area contributed by atoms with Crippen molar-refractivity contribution in [1.29, 1.82) is 0 Å². The lowest BCUT2D eigenvalue weighted by molar-refractivity contribution is -0.00568. The van der Waals surface area contributed by atoms with Crippen LogP contribution in [0, 0.1) is 17.8 Å². The maximum absolute atomic E-state index is 13.3. The molecule has 2 aliphatic rings. The van der Waals surface area contributed by atoms with Crippen molar-refractivity contribution in [2.24, 2.45) is 17.8 Å². The molecule has 0 aromatic heterocycles. The molecule has 0 bridgehead atoms. The Balaban J connectivity index is 1.78. The molecule has 2 aliphatic carbocycles. The van der Waals surface area contributed by atoms with Crippen molar-refractivity contribution < 1.29 is 9.90 Å². The molecule has 124 valence electrons. The summed E-state index contributed by atoms with van der Waals surface area (Å²) in [5, 5.41) is 11.7. The summed E-state index contributed by atoms with van der Waals surface area (Å²) in [5.41, 5.74) is 0.588. The standard InChI is InChI=1S/C22H24O2/c23-21(16-9-3-1-4-10-16)20-19-14-8-7-11-17(19)15-22(20,24)18-12-5-2-6-13-18/h1-6,9-10,12-13,17,19-20,24H,7-8,11,14-15H2/t17-,19-,20-,22?/m0/s1. The minimum atomic E-state index is -1.03. The van der Waals surface area contributed by atoms with Crippen molar-refractivity contribution >= 4 is 5.78 Å².